The Morgan fingerprint density at radius 2 is 2.04 bits per heavy atom. The largest absolute Gasteiger partial charge is 0.298 e. The molecule has 0 saturated heterocycles. The molecule has 0 atom stereocenters. The number of thiazole rings is 1. The van der Waals surface area contributed by atoms with Crippen molar-refractivity contribution < 1.29 is 13.6 Å². The summed E-state index contributed by atoms with van der Waals surface area (Å²) in [7, 11) is 0. The summed E-state index contributed by atoms with van der Waals surface area (Å²) in [4.78, 5) is 16.3. The van der Waals surface area contributed by atoms with Crippen LogP contribution in [0, 0.1) is 23.0 Å². The molecule has 1 amide bonds. The van der Waals surface area contributed by atoms with Crippen LogP contribution in [0.4, 0.5) is 13.9 Å². The van der Waals surface area contributed by atoms with Crippen molar-refractivity contribution in [3.05, 3.63) is 70.6 Å². The Labute approximate surface area is 140 Å². The van der Waals surface area contributed by atoms with Crippen LogP contribution in [-0.4, -0.2) is 10.9 Å². The molecule has 0 fully saturated rings. The van der Waals surface area contributed by atoms with Crippen molar-refractivity contribution in [1.29, 1.82) is 5.26 Å². The normalized spacial score (nSPS) is 10.2. The fourth-order valence-corrected chi connectivity index (χ4v) is 2.75. The molecule has 3 aromatic rings. The highest BCUT2D eigenvalue weighted by atomic mass is 32.1. The number of benzene rings is 2. The van der Waals surface area contributed by atoms with Gasteiger partial charge in [0, 0.05) is 16.5 Å². The third-order valence-electron chi connectivity index (χ3n) is 3.18. The number of hydrogen-bond acceptors (Lipinski definition) is 4. The van der Waals surface area contributed by atoms with Gasteiger partial charge in [0.1, 0.15) is 11.6 Å². The quantitative estimate of drug-likeness (QED) is 0.776. The SMILES string of the molecule is N#Cc1cccc(C(=O)Nc2nc(-c3cc(F)ccc3F)cs2)c1. The van der Waals surface area contributed by atoms with E-state index in [-0.39, 0.29) is 16.4 Å². The topological polar surface area (TPSA) is 65.8 Å². The average Bonchev–Trinajstić information content (AvgIpc) is 3.05. The molecule has 1 aromatic heterocycles. The summed E-state index contributed by atoms with van der Waals surface area (Å²) in [5.41, 5.74) is 0.934. The van der Waals surface area contributed by atoms with Crippen LogP contribution in [0.2, 0.25) is 0 Å². The van der Waals surface area contributed by atoms with Gasteiger partial charge in [-0.05, 0) is 36.4 Å². The van der Waals surface area contributed by atoms with Gasteiger partial charge in [0.2, 0.25) is 0 Å². The highest BCUT2D eigenvalue weighted by Gasteiger charge is 2.13. The molecular formula is C17H9F2N3OS. The molecule has 7 heteroatoms. The number of aromatic nitrogens is 1. The molecule has 2 aromatic carbocycles. The van der Waals surface area contributed by atoms with E-state index in [9.17, 15) is 13.6 Å². The smallest absolute Gasteiger partial charge is 0.257 e. The zero-order valence-corrected chi connectivity index (χ0v) is 12.9. The number of nitrogens with zero attached hydrogens (tertiary/aromatic N) is 2. The number of nitrogens with one attached hydrogen (secondary N) is 1. The lowest BCUT2D eigenvalue weighted by Crippen LogP contribution is -2.11. The average molecular weight is 341 g/mol. The van der Waals surface area contributed by atoms with Crippen LogP contribution in [0.3, 0.4) is 0 Å². The highest BCUT2D eigenvalue weighted by Crippen LogP contribution is 2.27. The Balaban J connectivity index is 1.82. The van der Waals surface area contributed by atoms with Gasteiger partial charge in [-0.1, -0.05) is 6.07 Å². The summed E-state index contributed by atoms with van der Waals surface area (Å²) in [6.07, 6.45) is 0. The van der Waals surface area contributed by atoms with Crippen molar-refractivity contribution in [1.82, 2.24) is 4.98 Å². The van der Waals surface area contributed by atoms with Crippen molar-refractivity contribution in [2.24, 2.45) is 0 Å². The maximum Gasteiger partial charge on any atom is 0.257 e. The van der Waals surface area contributed by atoms with Crippen LogP contribution >= 0.6 is 11.3 Å². The summed E-state index contributed by atoms with van der Waals surface area (Å²) in [5, 5.41) is 13.2. The molecule has 0 radical (unpaired) electrons. The van der Waals surface area contributed by atoms with Gasteiger partial charge in [-0.25, -0.2) is 13.8 Å². The maximum absolute atomic E-state index is 13.8. The van der Waals surface area contributed by atoms with E-state index in [0.717, 1.165) is 29.5 Å². The predicted octanol–water partition coefficient (Wildman–Crippen LogP) is 4.21. The maximum atomic E-state index is 13.8. The predicted molar refractivity (Wildman–Crippen MR) is 86.6 cm³/mol. The van der Waals surface area contributed by atoms with Gasteiger partial charge in [0.25, 0.3) is 5.91 Å². The lowest BCUT2D eigenvalue weighted by molar-refractivity contribution is 0.102. The fraction of sp³-hybridized carbons (Fsp3) is 0. The molecule has 0 bridgehead atoms. The summed E-state index contributed by atoms with van der Waals surface area (Å²) in [6.45, 7) is 0. The van der Waals surface area contributed by atoms with Gasteiger partial charge in [-0.15, -0.1) is 11.3 Å². The van der Waals surface area contributed by atoms with Crippen molar-refractivity contribution in [3.63, 3.8) is 0 Å². The molecule has 0 aliphatic rings. The first-order valence-corrected chi connectivity index (χ1v) is 7.67. The van der Waals surface area contributed by atoms with Crippen LogP contribution in [0.15, 0.2) is 47.8 Å². The van der Waals surface area contributed by atoms with E-state index in [4.69, 9.17) is 5.26 Å². The molecule has 0 unspecified atom stereocenters. The monoisotopic (exact) mass is 341 g/mol. The van der Waals surface area contributed by atoms with E-state index < -0.39 is 17.5 Å². The van der Waals surface area contributed by atoms with Gasteiger partial charge in [-0.3, -0.25) is 10.1 Å². The Kier molecular flexibility index (Phi) is 4.31. The second-order valence-corrected chi connectivity index (χ2v) is 5.67. The van der Waals surface area contributed by atoms with E-state index in [0.29, 0.717) is 11.1 Å². The van der Waals surface area contributed by atoms with E-state index in [1.54, 1.807) is 18.2 Å². The summed E-state index contributed by atoms with van der Waals surface area (Å²) < 4.78 is 27.0. The number of amides is 1. The number of carbonyl (C=O) groups is 1. The molecule has 1 N–H and O–H groups in total. The molecule has 1 heterocycles. The highest BCUT2D eigenvalue weighted by molar-refractivity contribution is 7.14. The van der Waals surface area contributed by atoms with E-state index in [1.807, 2.05) is 6.07 Å². The third-order valence-corrected chi connectivity index (χ3v) is 3.94. The molecule has 3 rings (SSSR count). The molecule has 0 spiro atoms. The minimum absolute atomic E-state index is 0.0261. The van der Waals surface area contributed by atoms with Crippen LogP contribution < -0.4 is 5.32 Å². The summed E-state index contributed by atoms with van der Waals surface area (Å²) in [5.74, 6) is -1.60. The fourth-order valence-electron chi connectivity index (χ4n) is 2.05. The van der Waals surface area contributed by atoms with E-state index >= 15 is 0 Å². The Hall–Kier alpha value is -3.11. The Morgan fingerprint density at radius 3 is 2.83 bits per heavy atom. The van der Waals surface area contributed by atoms with E-state index in [2.05, 4.69) is 10.3 Å². The Morgan fingerprint density at radius 1 is 1.21 bits per heavy atom. The number of rotatable bonds is 3. The van der Waals surface area contributed by atoms with Crippen molar-refractivity contribution >= 4 is 22.4 Å². The van der Waals surface area contributed by atoms with Gasteiger partial charge < -0.3 is 0 Å². The second-order valence-electron chi connectivity index (χ2n) is 4.81. The number of hydrogen-bond donors (Lipinski definition) is 1. The summed E-state index contributed by atoms with van der Waals surface area (Å²) in [6, 6.07) is 11.3. The molecule has 24 heavy (non-hydrogen) atoms. The van der Waals surface area contributed by atoms with Gasteiger partial charge in [-0.2, -0.15) is 5.26 Å². The van der Waals surface area contributed by atoms with Crippen molar-refractivity contribution in [2.75, 3.05) is 5.32 Å². The molecular weight excluding hydrogens is 332 g/mol. The zero-order valence-electron chi connectivity index (χ0n) is 12.1. The van der Waals surface area contributed by atoms with E-state index in [1.165, 1.54) is 11.4 Å². The number of halogens is 2. The van der Waals surface area contributed by atoms with Crippen LogP contribution in [0.1, 0.15) is 15.9 Å². The number of nitriles is 1. The van der Waals surface area contributed by atoms with Crippen LogP contribution in [0.25, 0.3) is 11.3 Å². The number of carbonyl (C=O) groups excluding carboxylic acids is 1. The molecule has 0 aliphatic carbocycles. The number of anilines is 1. The molecule has 0 saturated carbocycles. The second kappa shape index (κ2) is 6.56. The van der Waals surface area contributed by atoms with Gasteiger partial charge >= 0.3 is 0 Å². The summed E-state index contributed by atoms with van der Waals surface area (Å²) >= 11 is 1.09. The minimum atomic E-state index is -0.596. The van der Waals surface area contributed by atoms with Crippen molar-refractivity contribution in [3.8, 4) is 17.3 Å². The first-order chi connectivity index (χ1) is 11.6. The third kappa shape index (κ3) is 3.29. The van der Waals surface area contributed by atoms with Crippen molar-refractivity contribution in [2.45, 2.75) is 0 Å². The van der Waals surface area contributed by atoms with Gasteiger partial charge in [0.05, 0.1) is 17.3 Å². The minimum Gasteiger partial charge on any atom is -0.298 e. The van der Waals surface area contributed by atoms with Crippen LogP contribution in [-0.2, 0) is 0 Å². The Bertz CT molecular complexity index is 962. The lowest BCUT2D eigenvalue weighted by atomic mass is 10.1. The zero-order chi connectivity index (χ0) is 17.1. The lowest BCUT2D eigenvalue weighted by Gasteiger charge is -2.02. The molecule has 118 valence electrons. The first-order valence-electron chi connectivity index (χ1n) is 6.79. The molecule has 4 nitrogen and oxygen atoms in total. The standard InChI is InChI=1S/C17H9F2N3OS/c18-12-4-5-14(19)13(7-12)15-9-24-17(21-15)22-16(23)11-3-1-2-10(6-11)8-20/h1-7,9H,(H,21,22,23). The van der Waals surface area contributed by atoms with Gasteiger partial charge in [0.15, 0.2) is 5.13 Å². The first kappa shape index (κ1) is 15.8. The van der Waals surface area contributed by atoms with Crippen LogP contribution in [0.5, 0.6) is 0 Å². The molecule has 0 aliphatic heterocycles.